The Hall–Kier alpha value is -3.75. The van der Waals surface area contributed by atoms with Gasteiger partial charge >= 0.3 is 0 Å². The molecule has 1 aromatic heterocycles. The molecule has 0 amide bonds. The number of nitriles is 3. The van der Waals surface area contributed by atoms with Gasteiger partial charge in [-0.05, 0) is 13.0 Å². The van der Waals surface area contributed by atoms with Crippen molar-refractivity contribution in [1.29, 1.82) is 15.8 Å². The number of carbonyl (C=O) groups excluding carboxylic acids is 1. The SMILES string of the molecule is Cc1ccc[n+](C(C(=O)c2ccccc2)C(C#N)=C(C#N)C#N)c1. The number of hydrogen-bond donors (Lipinski definition) is 0. The number of Topliss-reactive ketones (excluding diaryl/α,β-unsaturated/α-hetero) is 1. The second-order valence-corrected chi connectivity index (χ2v) is 5.09. The number of hydrogen-bond acceptors (Lipinski definition) is 4. The summed E-state index contributed by atoms with van der Waals surface area (Å²) >= 11 is 0. The smallest absolute Gasteiger partial charge is 0.257 e. The van der Waals surface area contributed by atoms with E-state index in [1.165, 1.54) is 0 Å². The lowest BCUT2D eigenvalue weighted by Crippen LogP contribution is -2.45. The van der Waals surface area contributed by atoms with Crippen LogP contribution in [0.2, 0.25) is 0 Å². The van der Waals surface area contributed by atoms with E-state index in [1.54, 1.807) is 65.5 Å². The molecule has 0 fully saturated rings. The van der Waals surface area contributed by atoms with E-state index in [2.05, 4.69) is 0 Å². The highest BCUT2D eigenvalue weighted by Gasteiger charge is 2.35. The molecule has 0 saturated carbocycles. The first-order valence-electron chi connectivity index (χ1n) is 7.13. The number of carbonyl (C=O) groups is 1. The van der Waals surface area contributed by atoms with Crippen LogP contribution in [0.5, 0.6) is 0 Å². The molecule has 0 spiro atoms. The maximum Gasteiger partial charge on any atom is 0.257 e. The van der Waals surface area contributed by atoms with Crippen LogP contribution >= 0.6 is 0 Å². The molecule has 0 aliphatic carbocycles. The number of allylic oxidation sites excluding steroid dienone is 2. The fourth-order valence-corrected chi connectivity index (χ4v) is 2.35. The van der Waals surface area contributed by atoms with Gasteiger partial charge in [-0.3, -0.25) is 4.79 Å². The average Bonchev–Trinajstić information content (AvgIpc) is 2.62. The van der Waals surface area contributed by atoms with Gasteiger partial charge in [0.25, 0.3) is 6.04 Å². The van der Waals surface area contributed by atoms with Crippen LogP contribution in [0.4, 0.5) is 0 Å². The summed E-state index contributed by atoms with van der Waals surface area (Å²) in [4.78, 5) is 13.0. The first-order valence-corrected chi connectivity index (χ1v) is 7.13. The molecule has 0 aliphatic rings. The summed E-state index contributed by atoms with van der Waals surface area (Å²) < 4.78 is 1.55. The van der Waals surface area contributed by atoms with Crippen molar-refractivity contribution in [3.8, 4) is 18.2 Å². The lowest BCUT2D eigenvalue weighted by atomic mass is 9.94. The Morgan fingerprint density at radius 1 is 1.00 bits per heavy atom. The number of aryl methyl sites for hydroxylation is 1. The van der Waals surface area contributed by atoms with Crippen molar-refractivity contribution in [3.05, 3.63) is 77.1 Å². The third kappa shape index (κ3) is 3.35. The third-order valence-corrected chi connectivity index (χ3v) is 3.46. The molecule has 5 nitrogen and oxygen atoms in total. The van der Waals surface area contributed by atoms with Gasteiger partial charge in [0.05, 0.1) is 0 Å². The molecular formula is C19H13N4O+. The molecule has 24 heavy (non-hydrogen) atoms. The molecule has 0 N–H and O–H groups in total. The third-order valence-electron chi connectivity index (χ3n) is 3.46. The molecular weight excluding hydrogens is 300 g/mol. The first kappa shape index (κ1) is 16.6. The fourth-order valence-electron chi connectivity index (χ4n) is 2.35. The predicted octanol–water partition coefficient (Wildman–Crippen LogP) is 2.57. The highest BCUT2D eigenvalue weighted by Crippen LogP contribution is 2.20. The van der Waals surface area contributed by atoms with E-state index in [4.69, 9.17) is 10.5 Å². The minimum absolute atomic E-state index is 0.163. The summed E-state index contributed by atoms with van der Waals surface area (Å²) in [5.41, 5.74) is 0.765. The maximum atomic E-state index is 13.0. The van der Waals surface area contributed by atoms with Crippen molar-refractivity contribution in [1.82, 2.24) is 0 Å². The van der Waals surface area contributed by atoms with Gasteiger partial charge in [0, 0.05) is 17.2 Å². The standard InChI is InChI=1S/C19H13N4O/c1-14-6-5-9-23(13-14)18(17(12-22)16(10-20)11-21)19(24)15-7-3-2-4-8-15/h2-9,13,18H,1H3/q+1. The molecule has 2 rings (SSSR count). The summed E-state index contributed by atoms with van der Waals surface area (Å²) in [6.45, 7) is 1.85. The van der Waals surface area contributed by atoms with Gasteiger partial charge in [-0.15, -0.1) is 0 Å². The van der Waals surface area contributed by atoms with Crippen LogP contribution in [0.1, 0.15) is 22.0 Å². The molecule has 1 unspecified atom stereocenters. The predicted molar refractivity (Wildman–Crippen MR) is 85.0 cm³/mol. The highest BCUT2D eigenvalue weighted by molar-refractivity contribution is 6.00. The summed E-state index contributed by atoms with van der Waals surface area (Å²) in [6.07, 6.45) is 3.34. The number of ketones is 1. The quantitative estimate of drug-likeness (QED) is 0.492. The van der Waals surface area contributed by atoms with Gasteiger partial charge in [0.15, 0.2) is 18.0 Å². The number of aromatic nitrogens is 1. The Morgan fingerprint density at radius 2 is 1.67 bits per heavy atom. The molecule has 0 aliphatic heterocycles. The first-order chi connectivity index (χ1) is 11.6. The number of rotatable bonds is 4. The Balaban J connectivity index is 2.70. The van der Waals surface area contributed by atoms with E-state index in [0.717, 1.165) is 5.56 Å². The van der Waals surface area contributed by atoms with E-state index >= 15 is 0 Å². The van der Waals surface area contributed by atoms with Crippen molar-refractivity contribution in [2.75, 3.05) is 0 Å². The van der Waals surface area contributed by atoms with Gasteiger partial charge in [-0.2, -0.15) is 20.4 Å². The van der Waals surface area contributed by atoms with Crippen molar-refractivity contribution < 1.29 is 9.36 Å². The molecule has 1 atom stereocenters. The topological polar surface area (TPSA) is 92.3 Å². The summed E-state index contributed by atoms with van der Waals surface area (Å²) in [5.74, 6) is -0.356. The molecule has 1 heterocycles. The average molecular weight is 313 g/mol. The second-order valence-electron chi connectivity index (χ2n) is 5.09. The van der Waals surface area contributed by atoms with Crippen LogP contribution in [0.25, 0.3) is 0 Å². The molecule has 114 valence electrons. The van der Waals surface area contributed by atoms with Crippen molar-refractivity contribution in [2.45, 2.75) is 13.0 Å². The van der Waals surface area contributed by atoms with Gasteiger partial charge in [0.2, 0.25) is 5.78 Å². The van der Waals surface area contributed by atoms with Gasteiger partial charge in [0.1, 0.15) is 23.8 Å². The molecule has 0 radical (unpaired) electrons. The second kappa shape index (κ2) is 7.49. The van der Waals surface area contributed by atoms with Gasteiger partial charge in [-0.25, -0.2) is 0 Å². The van der Waals surface area contributed by atoms with Crippen molar-refractivity contribution in [2.24, 2.45) is 0 Å². The largest absolute Gasteiger partial charge is 0.286 e. The van der Waals surface area contributed by atoms with Crippen LogP contribution in [-0.2, 0) is 0 Å². The number of nitrogens with zero attached hydrogens (tertiary/aromatic N) is 4. The Morgan fingerprint density at radius 3 is 2.21 bits per heavy atom. The van der Waals surface area contributed by atoms with E-state index < -0.39 is 6.04 Å². The minimum atomic E-state index is -1.06. The zero-order valence-corrected chi connectivity index (χ0v) is 13.0. The number of benzene rings is 1. The molecule has 1 aromatic carbocycles. The summed E-state index contributed by atoms with van der Waals surface area (Å²) in [5, 5.41) is 27.7. The molecule has 2 aromatic rings. The maximum absolute atomic E-state index is 13.0. The van der Waals surface area contributed by atoms with Crippen molar-refractivity contribution >= 4 is 5.78 Å². The monoisotopic (exact) mass is 313 g/mol. The van der Waals surface area contributed by atoms with Crippen LogP contribution in [0.15, 0.2) is 66.0 Å². The van der Waals surface area contributed by atoms with Crippen LogP contribution in [0, 0.1) is 40.9 Å². The number of pyridine rings is 1. The van der Waals surface area contributed by atoms with Crippen molar-refractivity contribution in [3.63, 3.8) is 0 Å². The van der Waals surface area contributed by atoms with Gasteiger partial charge < -0.3 is 0 Å². The molecule has 5 heteroatoms. The van der Waals surface area contributed by atoms with Gasteiger partial charge in [-0.1, -0.05) is 30.3 Å². The highest BCUT2D eigenvalue weighted by atomic mass is 16.1. The zero-order chi connectivity index (χ0) is 17.5. The van der Waals surface area contributed by atoms with Crippen LogP contribution in [-0.4, -0.2) is 5.78 Å². The van der Waals surface area contributed by atoms with E-state index in [1.807, 2.05) is 19.1 Å². The normalized spacial score (nSPS) is 10.6. The molecule has 0 bridgehead atoms. The lowest BCUT2D eigenvalue weighted by molar-refractivity contribution is -0.699. The summed E-state index contributed by atoms with van der Waals surface area (Å²) in [6, 6.07) is 16.3. The zero-order valence-electron chi connectivity index (χ0n) is 13.0. The van der Waals surface area contributed by atoms with Crippen LogP contribution < -0.4 is 4.57 Å². The fraction of sp³-hybridized carbons (Fsp3) is 0.105. The van der Waals surface area contributed by atoms with E-state index in [0.29, 0.717) is 5.56 Å². The Labute approximate surface area is 139 Å². The lowest BCUT2D eigenvalue weighted by Gasteiger charge is -2.11. The minimum Gasteiger partial charge on any atom is -0.286 e. The Bertz CT molecular complexity index is 908. The summed E-state index contributed by atoms with van der Waals surface area (Å²) in [7, 11) is 0. The molecule has 0 saturated heterocycles. The van der Waals surface area contributed by atoms with E-state index in [9.17, 15) is 10.1 Å². The van der Waals surface area contributed by atoms with E-state index in [-0.39, 0.29) is 16.9 Å². The van der Waals surface area contributed by atoms with Crippen LogP contribution in [0.3, 0.4) is 0 Å². The Kier molecular flexibility index (Phi) is 5.19.